The number of halogens is 1. The number of carbonyl (C=O) groups excluding carboxylic acids is 2. The molecule has 1 spiro atoms. The summed E-state index contributed by atoms with van der Waals surface area (Å²) in [7, 11) is 0. The maximum atomic E-state index is 13.1. The molecular formula is C18H15ClNO4-. The van der Waals surface area contributed by atoms with Crippen molar-refractivity contribution in [1.82, 2.24) is 0 Å². The fraction of sp³-hybridized carbons (Fsp3) is 0.333. The monoisotopic (exact) mass is 344 g/mol. The number of rotatable bonds is 4. The van der Waals surface area contributed by atoms with Crippen molar-refractivity contribution < 1.29 is 19.4 Å². The highest BCUT2D eigenvalue weighted by Gasteiger charge is 2.69. The number of aliphatic carboxylic acids is 1. The van der Waals surface area contributed by atoms with Gasteiger partial charge in [-0.25, -0.2) is 0 Å². The summed E-state index contributed by atoms with van der Waals surface area (Å²) in [6.07, 6.45) is 5.16. The summed E-state index contributed by atoms with van der Waals surface area (Å²) in [4.78, 5) is 26.3. The molecule has 0 radical (unpaired) electrons. The van der Waals surface area contributed by atoms with Crippen LogP contribution in [0.25, 0.3) is 0 Å². The van der Waals surface area contributed by atoms with Gasteiger partial charge in [-0.2, -0.15) is 0 Å². The predicted octanol–water partition coefficient (Wildman–Crippen LogP) is 1.32. The minimum atomic E-state index is -1.25. The highest BCUT2D eigenvalue weighted by Crippen LogP contribution is 2.56. The Morgan fingerprint density at radius 1 is 1.42 bits per heavy atom. The molecule has 6 heteroatoms. The van der Waals surface area contributed by atoms with Gasteiger partial charge in [-0.1, -0.05) is 29.8 Å². The predicted molar refractivity (Wildman–Crippen MR) is 86.3 cm³/mol. The van der Waals surface area contributed by atoms with Gasteiger partial charge in [-0.3, -0.25) is 4.79 Å². The normalized spacial score (nSPS) is 36.2. The summed E-state index contributed by atoms with van der Waals surface area (Å²) >= 11 is 5.93. The average molecular weight is 345 g/mol. The third-order valence-corrected chi connectivity index (χ3v) is 5.44. The molecular weight excluding hydrogens is 330 g/mol. The van der Waals surface area contributed by atoms with E-state index in [2.05, 4.69) is 6.58 Å². The van der Waals surface area contributed by atoms with Gasteiger partial charge in [-0.05, 0) is 30.7 Å². The van der Waals surface area contributed by atoms with Crippen molar-refractivity contribution in [3.05, 3.63) is 54.1 Å². The first-order valence-electron chi connectivity index (χ1n) is 7.77. The first kappa shape index (κ1) is 15.4. The van der Waals surface area contributed by atoms with Crippen molar-refractivity contribution in [3.63, 3.8) is 0 Å². The topological polar surface area (TPSA) is 69.7 Å². The molecule has 3 aliphatic heterocycles. The lowest BCUT2D eigenvalue weighted by molar-refractivity contribution is -0.313. The fourth-order valence-corrected chi connectivity index (χ4v) is 4.40. The van der Waals surface area contributed by atoms with E-state index in [0.29, 0.717) is 17.1 Å². The van der Waals surface area contributed by atoms with E-state index in [1.165, 1.54) is 0 Å². The number of ether oxygens (including phenoxy) is 1. The quantitative estimate of drug-likeness (QED) is 0.772. The Morgan fingerprint density at radius 2 is 2.12 bits per heavy atom. The van der Waals surface area contributed by atoms with Gasteiger partial charge in [0.25, 0.3) is 0 Å². The van der Waals surface area contributed by atoms with Gasteiger partial charge in [-0.15, -0.1) is 6.58 Å². The van der Waals surface area contributed by atoms with Gasteiger partial charge in [0.1, 0.15) is 5.60 Å². The average Bonchev–Trinajstić information content (AvgIpc) is 3.18. The summed E-state index contributed by atoms with van der Waals surface area (Å²) in [6, 6.07) is 6.55. The fourth-order valence-electron chi connectivity index (χ4n) is 4.28. The van der Waals surface area contributed by atoms with E-state index in [-0.39, 0.29) is 11.9 Å². The smallest absolute Gasteiger partial charge is 0.234 e. The van der Waals surface area contributed by atoms with Gasteiger partial charge < -0.3 is 19.5 Å². The number of anilines is 1. The molecule has 24 heavy (non-hydrogen) atoms. The van der Waals surface area contributed by atoms with E-state index in [1.54, 1.807) is 41.3 Å². The second kappa shape index (κ2) is 5.19. The van der Waals surface area contributed by atoms with Crippen LogP contribution in [0.4, 0.5) is 5.69 Å². The molecule has 2 saturated heterocycles. The zero-order valence-corrected chi connectivity index (χ0v) is 13.5. The van der Waals surface area contributed by atoms with Crippen LogP contribution in [0.15, 0.2) is 49.1 Å². The molecule has 4 rings (SSSR count). The van der Waals surface area contributed by atoms with Crippen molar-refractivity contribution in [1.29, 1.82) is 0 Å². The zero-order valence-electron chi connectivity index (χ0n) is 12.7. The molecule has 1 amide bonds. The van der Waals surface area contributed by atoms with Crippen LogP contribution in [0.1, 0.15) is 6.42 Å². The van der Waals surface area contributed by atoms with Crippen LogP contribution in [-0.4, -0.2) is 29.6 Å². The van der Waals surface area contributed by atoms with Gasteiger partial charge in [0, 0.05) is 22.6 Å². The summed E-state index contributed by atoms with van der Waals surface area (Å²) in [5.41, 5.74) is -0.280. The number of carboxylic acid groups (broad SMARTS) is 1. The lowest BCUT2D eigenvalue weighted by Crippen LogP contribution is -2.46. The molecule has 5 nitrogen and oxygen atoms in total. The Morgan fingerprint density at radius 3 is 2.75 bits per heavy atom. The van der Waals surface area contributed by atoms with Gasteiger partial charge in [0.2, 0.25) is 5.91 Å². The molecule has 0 aromatic heterocycles. The molecule has 124 valence electrons. The van der Waals surface area contributed by atoms with Crippen molar-refractivity contribution in [3.8, 4) is 0 Å². The van der Waals surface area contributed by atoms with E-state index >= 15 is 0 Å². The van der Waals surface area contributed by atoms with Crippen LogP contribution >= 0.6 is 11.6 Å². The second-order valence-corrected chi connectivity index (χ2v) is 6.78. The van der Waals surface area contributed by atoms with Crippen LogP contribution in [0.3, 0.4) is 0 Å². The second-order valence-electron chi connectivity index (χ2n) is 6.34. The van der Waals surface area contributed by atoms with Gasteiger partial charge in [0.15, 0.2) is 0 Å². The number of benzene rings is 1. The number of carboxylic acids is 1. The largest absolute Gasteiger partial charge is 0.550 e. The molecule has 5 atom stereocenters. The molecule has 1 aromatic rings. The number of nitrogens with zero attached hydrogens (tertiary/aromatic N) is 1. The lowest BCUT2D eigenvalue weighted by atomic mass is 9.74. The van der Waals surface area contributed by atoms with E-state index in [0.717, 1.165) is 0 Å². The molecule has 3 aliphatic rings. The van der Waals surface area contributed by atoms with Crippen LogP contribution in [0.5, 0.6) is 0 Å². The number of carbonyl (C=O) groups is 2. The Hall–Kier alpha value is -2.11. The number of hydrogen-bond donors (Lipinski definition) is 0. The van der Waals surface area contributed by atoms with E-state index in [9.17, 15) is 14.7 Å². The zero-order chi connectivity index (χ0) is 17.1. The Kier molecular flexibility index (Phi) is 3.34. The molecule has 0 saturated carbocycles. The van der Waals surface area contributed by atoms with Gasteiger partial charge in [0.05, 0.1) is 18.1 Å². The number of fused-ring (bicyclic) bond motifs is 1. The summed E-state index contributed by atoms with van der Waals surface area (Å²) in [5, 5.41) is 12.2. The highest BCUT2D eigenvalue weighted by atomic mass is 35.5. The summed E-state index contributed by atoms with van der Waals surface area (Å²) in [5.74, 6) is -3.25. The standard InChI is InChI=1S/C18H16ClNO4/c1-2-3-13-18-9-8-12(24-18)14(17(22)23)15(18)16(21)20(13)11-6-4-10(19)5-7-11/h2,4-9,12-15H,1,3H2,(H,22,23)/p-1/t12-,13+,14+,15-,18-/m1/s1. The van der Waals surface area contributed by atoms with Crippen LogP contribution in [-0.2, 0) is 14.3 Å². The SMILES string of the molecule is C=CC[C@@H]1N(c2ccc(Cl)cc2)C(=O)[C@H]2[C@@H](C(=O)[O-])[C@H]3C=C[C@@]12O3. The molecule has 1 aromatic carbocycles. The van der Waals surface area contributed by atoms with Crippen LogP contribution in [0, 0.1) is 11.8 Å². The van der Waals surface area contributed by atoms with Crippen molar-refractivity contribution in [2.75, 3.05) is 4.90 Å². The third kappa shape index (κ3) is 1.85. The van der Waals surface area contributed by atoms with Crippen molar-refractivity contribution in [2.24, 2.45) is 11.8 Å². The van der Waals surface area contributed by atoms with Gasteiger partial charge >= 0.3 is 0 Å². The Labute approximate surface area is 144 Å². The molecule has 0 aliphatic carbocycles. The van der Waals surface area contributed by atoms with Crippen LogP contribution < -0.4 is 10.0 Å². The van der Waals surface area contributed by atoms with E-state index in [1.807, 2.05) is 6.08 Å². The molecule has 0 unspecified atom stereocenters. The summed E-state index contributed by atoms with van der Waals surface area (Å²) < 4.78 is 6.00. The maximum absolute atomic E-state index is 13.1. The number of amides is 1. The molecule has 2 bridgehead atoms. The Balaban J connectivity index is 1.83. The number of hydrogen-bond acceptors (Lipinski definition) is 4. The lowest BCUT2D eigenvalue weighted by Gasteiger charge is -2.32. The maximum Gasteiger partial charge on any atom is 0.234 e. The molecule has 0 N–H and O–H groups in total. The first-order valence-corrected chi connectivity index (χ1v) is 8.15. The van der Waals surface area contributed by atoms with Crippen molar-refractivity contribution >= 4 is 29.2 Å². The molecule has 2 fully saturated rings. The van der Waals surface area contributed by atoms with E-state index in [4.69, 9.17) is 16.3 Å². The first-order chi connectivity index (χ1) is 11.5. The summed E-state index contributed by atoms with van der Waals surface area (Å²) in [6.45, 7) is 3.77. The van der Waals surface area contributed by atoms with Crippen LogP contribution in [0.2, 0.25) is 5.02 Å². The van der Waals surface area contributed by atoms with E-state index < -0.39 is 29.5 Å². The third-order valence-electron chi connectivity index (χ3n) is 5.19. The Bertz CT molecular complexity index is 759. The highest BCUT2D eigenvalue weighted by molar-refractivity contribution is 6.30. The van der Waals surface area contributed by atoms with Crippen molar-refractivity contribution in [2.45, 2.75) is 24.2 Å². The molecule has 3 heterocycles. The minimum Gasteiger partial charge on any atom is -0.550 e. The minimum absolute atomic E-state index is 0.259.